The van der Waals surface area contributed by atoms with Crippen LogP contribution in [-0.4, -0.2) is 17.6 Å². The van der Waals surface area contributed by atoms with Gasteiger partial charge in [-0.25, -0.2) is 0 Å². The Labute approximate surface area is 108 Å². The van der Waals surface area contributed by atoms with Crippen LogP contribution in [0.25, 0.3) is 0 Å². The fourth-order valence-electron chi connectivity index (χ4n) is 2.36. The lowest BCUT2D eigenvalue weighted by Gasteiger charge is -2.27. The zero-order valence-corrected chi connectivity index (χ0v) is 10.7. The van der Waals surface area contributed by atoms with Crippen molar-refractivity contribution in [2.75, 3.05) is 11.4 Å². The number of carbonyl (C=O) groups excluding carboxylic acids is 1. The summed E-state index contributed by atoms with van der Waals surface area (Å²) in [7, 11) is 0. The summed E-state index contributed by atoms with van der Waals surface area (Å²) >= 11 is 0. The normalized spacial score (nSPS) is 18.6. The summed E-state index contributed by atoms with van der Waals surface area (Å²) in [4.78, 5) is 14.2. The third kappa shape index (κ3) is 2.73. The Balaban J connectivity index is 2.17. The number of phenolic OH excluding ortho intramolecular Hbond substituents is 1. The van der Waals surface area contributed by atoms with Crippen LogP contribution in [0.3, 0.4) is 0 Å². The molecule has 1 amide bonds. The van der Waals surface area contributed by atoms with Crippen LogP contribution in [0.4, 0.5) is 5.69 Å². The van der Waals surface area contributed by atoms with Gasteiger partial charge in [-0.3, -0.25) is 4.79 Å². The largest absolute Gasteiger partial charge is 0.508 e. The van der Waals surface area contributed by atoms with E-state index in [1.807, 2.05) is 13.0 Å². The summed E-state index contributed by atoms with van der Waals surface area (Å²) in [5.74, 6) is 0.437. The second-order valence-corrected chi connectivity index (χ2v) is 4.58. The molecule has 96 valence electrons. The third-order valence-corrected chi connectivity index (χ3v) is 3.34. The molecule has 0 heterocycles. The molecule has 0 saturated carbocycles. The molecule has 1 aromatic rings. The predicted molar refractivity (Wildman–Crippen MR) is 72.6 cm³/mol. The number of hydrogen-bond donors (Lipinski definition) is 1. The maximum atomic E-state index is 12.5. The van der Waals surface area contributed by atoms with Gasteiger partial charge < -0.3 is 10.0 Å². The molecule has 1 N–H and O–H groups in total. The minimum atomic E-state index is 0.0808. The van der Waals surface area contributed by atoms with Crippen LogP contribution < -0.4 is 4.90 Å². The van der Waals surface area contributed by atoms with Crippen LogP contribution in [0.5, 0.6) is 5.75 Å². The number of benzene rings is 1. The lowest BCUT2D eigenvalue weighted by molar-refractivity contribution is -0.122. The molecule has 0 radical (unpaired) electrons. The van der Waals surface area contributed by atoms with Gasteiger partial charge in [-0.1, -0.05) is 18.2 Å². The highest BCUT2D eigenvalue weighted by atomic mass is 16.3. The summed E-state index contributed by atoms with van der Waals surface area (Å²) in [6.45, 7) is 2.59. The molecule has 1 aromatic carbocycles. The Morgan fingerprint density at radius 3 is 2.89 bits per heavy atom. The van der Waals surface area contributed by atoms with E-state index in [9.17, 15) is 9.90 Å². The second kappa shape index (κ2) is 5.71. The van der Waals surface area contributed by atoms with Gasteiger partial charge in [0.25, 0.3) is 0 Å². The number of anilines is 1. The summed E-state index contributed by atoms with van der Waals surface area (Å²) in [5, 5.41) is 9.50. The van der Waals surface area contributed by atoms with E-state index in [1.54, 1.807) is 23.1 Å². The molecule has 0 bridgehead atoms. The molecule has 1 aliphatic rings. The van der Waals surface area contributed by atoms with E-state index in [-0.39, 0.29) is 17.6 Å². The van der Waals surface area contributed by atoms with E-state index in [1.165, 1.54) is 0 Å². The minimum absolute atomic E-state index is 0.0808. The Kier molecular flexibility index (Phi) is 4.03. The molecule has 1 aliphatic carbocycles. The first-order valence-corrected chi connectivity index (χ1v) is 6.47. The molecule has 3 nitrogen and oxygen atoms in total. The fraction of sp³-hybridized carbons (Fsp3) is 0.400. The highest BCUT2D eigenvalue weighted by molar-refractivity contribution is 5.95. The van der Waals surface area contributed by atoms with Crippen LogP contribution in [0, 0.1) is 5.92 Å². The van der Waals surface area contributed by atoms with E-state index in [2.05, 4.69) is 12.2 Å². The summed E-state index contributed by atoms with van der Waals surface area (Å²) in [5.41, 5.74) is 0.775. The van der Waals surface area contributed by atoms with Crippen molar-refractivity contribution in [1.82, 2.24) is 0 Å². The quantitative estimate of drug-likeness (QED) is 0.831. The smallest absolute Gasteiger partial charge is 0.230 e. The number of nitrogens with zero attached hydrogens (tertiary/aromatic N) is 1. The van der Waals surface area contributed by atoms with Gasteiger partial charge in [0.2, 0.25) is 5.91 Å². The van der Waals surface area contributed by atoms with Gasteiger partial charge in [-0.15, -0.1) is 0 Å². The van der Waals surface area contributed by atoms with E-state index < -0.39 is 0 Å². The third-order valence-electron chi connectivity index (χ3n) is 3.34. The van der Waals surface area contributed by atoms with Gasteiger partial charge in [-0.2, -0.15) is 0 Å². The van der Waals surface area contributed by atoms with E-state index in [0.29, 0.717) is 6.54 Å². The molecule has 0 saturated heterocycles. The van der Waals surface area contributed by atoms with Crippen molar-refractivity contribution >= 4 is 11.6 Å². The summed E-state index contributed by atoms with van der Waals surface area (Å²) in [6.07, 6.45) is 6.95. The minimum Gasteiger partial charge on any atom is -0.508 e. The standard InChI is InChI=1S/C15H19NO2/c1-2-16(13-9-6-10-14(17)11-13)15(18)12-7-4-3-5-8-12/h3-4,6,9-12,17H,2,5,7-8H2,1H3. The van der Waals surface area contributed by atoms with Gasteiger partial charge in [-0.05, 0) is 38.3 Å². The molecule has 0 spiro atoms. The summed E-state index contributed by atoms with van der Waals surface area (Å²) in [6, 6.07) is 6.88. The van der Waals surface area contributed by atoms with Crippen molar-refractivity contribution in [2.24, 2.45) is 5.92 Å². The Morgan fingerprint density at radius 2 is 2.28 bits per heavy atom. The molecular weight excluding hydrogens is 226 g/mol. The predicted octanol–water partition coefficient (Wildman–Crippen LogP) is 3.10. The zero-order valence-electron chi connectivity index (χ0n) is 10.7. The first kappa shape index (κ1) is 12.7. The zero-order chi connectivity index (χ0) is 13.0. The molecule has 18 heavy (non-hydrogen) atoms. The number of aromatic hydroxyl groups is 1. The maximum absolute atomic E-state index is 12.5. The van der Waals surface area contributed by atoms with Crippen molar-refractivity contribution in [2.45, 2.75) is 26.2 Å². The SMILES string of the molecule is CCN(C(=O)C1CC=CCC1)c1cccc(O)c1. The molecule has 0 aromatic heterocycles. The number of rotatable bonds is 3. The van der Waals surface area contributed by atoms with Gasteiger partial charge in [0.15, 0.2) is 0 Å². The molecule has 3 heteroatoms. The second-order valence-electron chi connectivity index (χ2n) is 4.58. The van der Waals surface area contributed by atoms with Crippen molar-refractivity contribution in [3.05, 3.63) is 36.4 Å². The first-order valence-electron chi connectivity index (χ1n) is 6.47. The molecule has 2 rings (SSSR count). The molecule has 0 fully saturated rings. The molecule has 1 unspecified atom stereocenters. The molecule has 0 aliphatic heterocycles. The Hall–Kier alpha value is -1.77. The van der Waals surface area contributed by atoms with Crippen LogP contribution >= 0.6 is 0 Å². The van der Waals surface area contributed by atoms with E-state index in [0.717, 1.165) is 24.9 Å². The number of amides is 1. The molecule has 1 atom stereocenters. The van der Waals surface area contributed by atoms with Crippen molar-refractivity contribution in [3.8, 4) is 5.75 Å². The topological polar surface area (TPSA) is 40.5 Å². The van der Waals surface area contributed by atoms with Crippen LogP contribution in [0.2, 0.25) is 0 Å². The Morgan fingerprint density at radius 1 is 1.44 bits per heavy atom. The average Bonchev–Trinajstić information content (AvgIpc) is 2.40. The number of hydrogen-bond acceptors (Lipinski definition) is 2. The van der Waals surface area contributed by atoms with E-state index in [4.69, 9.17) is 0 Å². The van der Waals surface area contributed by atoms with Gasteiger partial charge in [0, 0.05) is 24.2 Å². The van der Waals surface area contributed by atoms with Crippen molar-refractivity contribution in [3.63, 3.8) is 0 Å². The van der Waals surface area contributed by atoms with Crippen molar-refractivity contribution in [1.29, 1.82) is 0 Å². The van der Waals surface area contributed by atoms with Crippen LogP contribution in [0.1, 0.15) is 26.2 Å². The van der Waals surface area contributed by atoms with Gasteiger partial charge in [0.1, 0.15) is 5.75 Å². The maximum Gasteiger partial charge on any atom is 0.230 e. The number of phenols is 1. The van der Waals surface area contributed by atoms with Gasteiger partial charge >= 0.3 is 0 Å². The monoisotopic (exact) mass is 245 g/mol. The first-order chi connectivity index (χ1) is 8.72. The average molecular weight is 245 g/mol. The highest BCUT2D eigenvalue weighted by Gasteiger charge is 2.24. The lowest BCUT2D eigenvalue weighted by atomic mass is 9.93. The van der Waals surface area contributed by atoms with Crippen LogP contribution in [-0.2, 0) is 4.79 Å². The summed E-state index contributed by atoms with van der Waals surface area (Å²) < 4.78 is 0. The number of allylic oxidation sites excluding steroid dienone is 2. The van der Waals surface area contributed by atoms with E-state index >= 15 is 0 Å². The van der Waals surface area contributed by atoms with Gasteiger partial charge in [0.05, 0.1) is 0 Å². The highest BCUT2D eigenvalue weighted by Crippen LogP contribution is 2.26. The number of carbonyl (C=O) groups is 1. The fourth-order valence-corrected chi connectivity index (χ4v) is 2.36. The molecular formula is C15H19NO2. The van der Waals surface area contributed by atoms with Crippen molar-refractivity contribution < 1.29 is 9.90 Å². The lowest BCUT2D eigenvalue weighted by Crippen LogP contribution is -2.36. The Bertz CT molecular complexity index is 454. The van der Waals surface area contributed by atoms with Crippen LogP contribution in [0.15, 0.2) is 36.4 Å².